The average molecular weight is 448 g/mol. The second-order valence-corrected chi connectivity index (χ2v) is 7.89. The van der Waals surface area contributed by atoms with E-state index >= 15 is 0 Å². The number of benzene rings is 2. The van der Waals surface area contributed by atoms with E-state index in [0.29, 0.717) is 11.4 Å². The maximum Gasteiger partial charge on any atom is 0.244 e. The summed E-state index contributed by atoms with van der Waals surface area (Å²) in [5.74, 6) is -0.416. The van der Waals surface area contributed by atoms with Crippen LogP contribution in [-0.4, -0.2) is 48.5 Å². The molecule has 3 amide bonds. The molecule has 0 fully saturated rings. The minimum atomic E-state index is -0.307. The Morgan fingerprint density at radius 3 is 2.67 bits per heavy atom. The van der Waals surface area contributed by atoms with E-state index in [4.69, 9.17) is 0 Å². The first-order chi connectivity index (χ1) is 13.0. The van der Waals surface area contributed by atoms with Crippen LogP contribution in [0.4, 0.5) is 11.4 Å². The predicted octanol–water partition coefficient (Wildman–Crippen LogP) is 2.98. The Hall–Kier alpha value is -2.32. The number of para-hydroxylation sites is 2. The van der Waals surface area contributed by atoms with Crippen molar-refractivity contribution in [1.29, 1.82) is 0 Å². The molecule has 2 aromatic carbocycles. The van der Waals surface area contributed by atoms with Crippen LogP contribution in [0.25, 0.3) is 0 Å². The Kier molecular flexibility index (Phi) is 6.18. The van der Waals surface area contributed by atoms with Crippen LogP contribution in [0.5, 0.6) is 0 Å². The minimum Gasteiger partial charge on any atom is -0.335 e. The van der Waals surface area contributed by atoms with E-state index < -0.39 is 0 Å². The first-order valence-electron chi connectivity index (χ1n) is 8.26. The van der Waals surface area contributed by atoms with Crippen molar-refractivity contribution >= 4 is 56.8 Å². The highest BCUT2D eigenvalue weighted by Crippen LogP contribution is 2.34. The third-order valence-corrected chi connectivity index (χ3v) is 5.80. The van der Waals surface area contributed by atoms with E-state index in [-0.39, 0.29) is 30.8 Å². The molecule has 140 valence electrons. The first-order valence-corrected chi connectivity index (χ1v) is 10.0. The molecule has 0 radical (unpaired) electrons. The molecule has 0 spiro atoms. The summed E-state index contributed by atoms with van der Waals surface area (Å²) >= 11 is 4.83. The largest absolute Gasteiger partial charge is 0.335 e. The fourth-order valence-electron chi connectivity index (χ4n) is 2.64. The van der Waals surface area contributed by atoms with Crippen LogP contribution in [0.3, 0.4) is 0 Å². The molecule has 0 saturated heterocycles. The normalized spacial score (nSPS) is 13.1. The Morgan fingerprint density at radius 2 is 1.89 bits per heavy atom. The summed E-state index contributed by atoms with van der Waals surface area (Å²) in [4.78, 5) is 40.8. The van der Waals surface area contributed by atoms with Gasteiger partial charge in [0.15, 0.2) is 0 Å². The molecule has 1 N–H and O–H groups in total. The highest BCUT2D eigenvalue weighted by atomic mass is 79.9. The Morgan fingerprint density at radius 1 is 1.19 bits per heavy atom. The fourth-order valence-corrected chi connectivity index (χ4v) is 3.96. The van der Waals surface area contributed by atoms with Gasteiger partial charge < -0.3 is 15.1 Å². The number of anilines is 2. The smallest absolute Gasteiger partial charge is 0.244 e. The van der Waals surface area contributed by atoms with E-state index in [1.54, 1.807) is 13.1 Å². The first kappa shape index (κ1) is 19.4. The molecular weight excluding hydrogens is 430 g/mol. The van der Waals surface area contributed by atoms with Gasteiger partial charge in [-0.2, -0.15) is 0 Å². The number of fused-ring (bicyclic) bond motifs is 1. The van der Waals surface area contributed by atoms with Gasteiger partial charge in [0, 0.05) is 16.4 Å². The number of hydrogen-bond donors (Lipinski definition) is 1. The molecule has 0 saturated carbocycles. The van der Waals surface area contributed by atoms with Gasteiger partial charge in [0.25, 0.3) is 0 Å². The van der Waals surface area contributed by atoms with Crippen molar-refractivity contribution in [3.05, 3.63) is 53.0 Å². The molecule has 0 unspecified atom stereocenters. The highest BCUT2D eigenvalue weighted by molar-refractivity contribution is 9.10. The van der Waals surface area contributed by atoms with Crippen molar-refractivity contribution < 1.29 is 14.4 Å². The van der Waals surface area contributed by atoms with Crippen LogP contribution in [-0.2, 0) is 14.4 Å². The van der Waals surface area contributed by atoms with Crippen molar-refractivity contribution in [1.82, 2.24) is 4.90 Å². The van der Waals surface area contributed by atoms with Gasteiger partial charge in [-0.15, -0.1) is 11.8 Å². The quantitative estimate of drug-likeness (QED) is 0.764. The molecule has 0 bridgehead atoms. The predicted molar refractivity (Wildman–Crippen MR) is 110 cm³/mol. The van der Waals surface area contributed by atoms with Crippen molar-refractivity contribution in [2.75, 3.05) is 36.1 Å². The van der Waals surface area contributed by atoms with Crippen LogP contribution in [0, 0.1) is 0 Å². The number of hydrogen-bond acceptors (Lipinski definition) is 4. The number of likely N-dealkylation sites (N-methyl/N-ethyl adjacent to an activating group) is 1. The summed E-state index contributed by atoms with van der Waals surface area (Å²) in [5, 5.41) is 2.76. The zero-order chi connectivity index (χ0) is 19.4. The lowest BCUT2D eigenvalue weighted by Gasteiger charge is -2.29. The van der Waals surface area contributed by atoms with Gasteiger partial charge in [-0.3, -0.25) is 14.4 Å². The molecule has 0 atom stereocenters. The molecule has 0 aliphatic carbocycles. The van der Waals surface area contributed by atoms with E-state index in [9.17, 15) is 14.4 Å². The van der Waals surface area contributed by atoms with Crippen LogP contribution in [0.2, 0.25) is 0 Å². The fraction of sp³-hybridized carbons (Fsp3) is 0.211. The average Bonchev–Trinajstić information content (AvgIpc) is 2.65. The molecule has 8 heteroatoms. The van der Waals surface area contributed by atoms with Crippen molar-refractivity contribution in [3.8, 4) is 0 Å². The second-order valence-electron chi connectivity index (χ2n) is 6.01. The lowest BCUT2D eigenvalue weighted by molar-refractivity contribution is -0.133. The third-order valence-electron chi connectivity index (χ3n) is 4.06. The molecule has 1 aliphatic rings. The SMILES string of the molecule is CN(CC(=O)Nc1ccccc1Br)C(=O)CN1C(=O)CSc2ccccc21. The third kappa shape index (κ3) is 4.70. The van der Waals surface area contributed by atoms with Crippen LogP contribution < -0.4 is 10.2 Å². The van der Waals surface area contributed by atoms with Crippen molar-refractivity contribution in [2.45, 2.75) is 4.90 Å². The monoisotopic (exact) mass is 447 g/mol. The summed E-state index contributed by atoms with van der Waals surface area (Å²) in [6, 6.07) is 14.7. The van der Waals surface area contributed by atoms with Gasteiger partial charge in [-0.1, -0.05) is 24.3 Å². The maximum atomic E-state index is 12.6. The van der Waals surface area contributed by atoms with E-state index in [1.807, 2.05) is 42.5 Å². The Bertz CT molecular complexity index is 890. The van der Waals surface area contributed by atoms with Gasteiger partial charge in [-0.25, -0.2) is 0 Å². The molecule has 0 aromatic heterocycles. The van der Waals surface area contributed by atoms with Gasteiger partial charge in [0.2, 0.25) is 17.7 Å². The number of halogens is 1. The van der Waals surface area contributed by atoms with Crippen LogP contribution in [0.15, 0.2) is 57.9 Å². The minimum absolute atomic E-state index is 0.0881. The molecule has 1 aliphatic heterocycles. The maximum absolute atomic E-state index is 12.6. The lowest BCUT2D eigenvalue weighted by Crippen LogP contribution is -2.45. The molecule has 2 aromatic rings. The molecule has 6 nitrogen and oxygen atoms in total. The van der Waals surface area contributed by atoms with Gasteiger partial charge in [0.1, 0.15) is 6.54 Å². The van der Waals surface area contributed by atoms with Gasteiger partial charge in [0.05, 0.1) is 23.7 Å². The summed E-state index contributed by atoms with van der Waals surface area (Å²) in [6.45, 7) is -0.187. The summed E-state index contributed by atoms with van der Waals surface area (Å²) < 4.78 is 0.764. The van der Waals surface area contributed by atoms with Crippen LogP contribution in [0.1, 0.15) is 0 Å². The number of rotatable bonds is 5. The lowest BCUT2D eigenvalue weighted by atomic mass is 10.2. The Balaban J connectivity index is 1.62. The van der Waals surface area contributed by atoms with Gasteiger partial charge >= 0.3 is 0 Å². The molecule has 27 heavy (non-hydrogen) atoms. The number of carbonyl (C=O) groups is 3. The number of nitrogens with zero attached hydrogens (tertiary/aromatic N) is 2. The molecular formula is C19H18BrN3O3S. The molecule has 1 heterocycles. The zero-order valence-electron chi connectivity index (χ0n) is 14.6. The Labute approximate surface area is 170 Å². The van der Waals surface area contributed by atoms with Crippen molar-refractivity contribution in [3.63, 3.8) is 0 Å². The number of nitrogens with one attached hydrogen (secondary N) is 1. The molecule has 3 rings (SSSR count). The van der Waals surface area contributed by atoms with Crippen LogP contribution >= 0.6 is 27.7 Å². The standard InChI is InChI=1S/C19H18BrN3O3S/c1-22(10-17(24)21-14-7-3-2-6-13(14)20)18(25)11-23-15-8-4-5-9-16(15)27-12-19(23)26/h2-9H,10-12H2,1H3,(H,21,24). The van der Waals surface area contributed by atoms with E-state index in [0.717, 1.165) is 15.1 Å². The number of thioether (sulfide) groups is 1. The van der Waals surface area contributed by atoms with Gasteiger partial charge in [-0.05, 0) is 40.2 Å². The zero-order valence-corrected chi connectivity index (χ0v) is 17.0. The summed E-state index contributed by atoms with van der Waals surface area (Å²) in [7, 11) is 1.55. The number of carbonyl (C=O) groups excluding carboxylic acids is 3. The highest BCUT2D eigenvalue weighted by Gasteiger charge is 2.27. The van der Waals surface area contributed by atoms with E-state index in [1.165, 1.54) is 21.6 Å². The summed E-state index contributed by atoms with van der Waals surface area (Å²) in [5.41, 5.74) is 1.37. The number of amides is 3. The topological polar surface area (TPSA) is 69.7 Å². The van der Waals surface area contributed by atoms with E-state index in [2.05, 4.69) is 21.2 Å². The van der Waals surface area contributed by atoms with Crippen molar-refractivity contribution in [2.24, 2.45) is 0 Å². The summed E-state index contributed by atoms with van der Waals surface area (Å²) in [6.07, 6.45) is 0. The second kappa shape index (κ2) is 8.58.